The fourth-order valence-electron chi connectivity index (χ4n) is 2.99. The second-order valence-corrected chi connectivity index (χ2v) is 6.09. The SMILES string of the molecule is CC(C)n1nc(CN2CCc3ccccc3C2)cc1C(=O)O. The molecule has 0 atom stereocenters. The summed E-state index contributed by atoms with van der Waals surface area (Å²) in [5, 5.41) is 13.8. The van der Waals surface area contributed by atoms with Crippen LogP contribution in [0.15, 0.2) is 30.3 Å². The van der Waals surface area contributed by atoms with Crippen molar-refractivity contribution in [2.45, 2.75) is 39.4 Å². The van der Waals surface area contributed by atoms with E-state index in [1.165, 1.54) is 11.1 Å². The third-order valence-electron chi connectivity index (χ3n) is 4.09. The maximum Gasteiger partial charge on any atom is 0.354 e. The number of aromatic carboxylic acids is 1. The lowest BCUT2D eigenvalue weighted by molar-refractivity contribution is 0.0681. The van der Waals surface area contributed by atoms with E-state index in [0.29, 0.717) is 6.54 Å². The molecule has 1 aromatic carbocycles. The summed E-state index contributed by atoms with van der Waals surface area (Å²) in [6.07, 6.45) is 1.03. The van der Waals surface area contributed by atoms with Crippen LogP contribution < -0.4 is 0 Å². The zero-order valence-corrected chi connectivity index (χ0v) is 13.0. The minimum Gasteiger partial charge on any atom is -0.477 e. The normalized spacial score (nSPS) is 15.0. The lowest BCUT2D eigenvalue weighted by Gasteiger charge is -2.27. The summed E-state index contributed by atoms with van der Waals surface area (Å²) in [6, 6.07) is 10.2. The van der Waals surface area contributed by atoms with Crippen LogP contribution in [0.3, 0.4) is 0 Å². The summed E-state index contributed by atoms with van der Waals surface area (Å²) in [5.41, 5.74) is 3.86. The maximum atomic E-state index is 11.3. The highest BCUT2D eigenvalue weighted by Gasteiger charge is 2.20. The van der Waals surface area contributed by atoms with Crippen molar-refractivity contribution in [3.8, 4) is 0 Å². The minimum absolute atomic E-state index is 0.0435. The molecule has 0 spiro atoms. The summed E-state index contributed by atoms with van der Waals surface area (Å²) in [7, 11) is 0. The summed E-state index contributed by atoms with van der Waals surface area (Å²) in [4.78, 5) is 13.6. The number of aromatic nitrogens is 2. The number of benzene rings is 1. The molecule has 0 saturated heterocycles. The van der Waals surface area contributed by atoms with Crippen molar-refractivity contribution in [2.24, 2.45) is 0 Å². The molecular weight excluding hydrogens is 278 g/mol. The van der Waals surface area contributed by atoms with Crippen LogP contribution >= 0.6 is 0 Å². The molecule has 0 saturated carbocycles. The molecular formula is C17H21N3O2. The summed E-state index contributed by atoms with van der Waals surface area (Å²) < 4.78 is 1.59. The number of hydrogen-bond donors (Lipinski definition) is 1. The molecule has 0 bridgehead atoms. The van der Waals surface area contributed by atoms with Crippen molar-refractivity contribution in [3.05, 3.63) is 52.8 Å². The Labute approximate surface area is 130 Å². The Kier molecular flexibility index (Phi) is 3.98. The quantitative estimate of drug-likeness (QED) is 0.943. The van der Waals surface area contributed by atoms with Gasteiger partial charge in [0.1, 0.15) is 5.69 Å². The Balaban J connectivity index is 1.77. The molecule has 116 valence electrons. The average molecular weight is 299 g/mol. The standard InChI is InChI=1S/C17H21N3O2/c1-12(2)20-16(17(21)22)9-15(18-20)11-19-8-7-13-5-3-4-6-14(13)10-19/h3-6,9,12H,7-8,10-11H2,1-2H3,(H,21,22). The van der Waals surface area contributed by atoms with Crippen molar-refractivity contribution < 1.29 is 9.90 Å². The van der Waals surface area contributed by atoms with Gasteiger partial charge in [0.25, 0.3) is 0 Å². The highest BCUT2D eigenvalue weighted by molar-refractivity contribution is 5.85. The number of rotatable bonds is 4. The van der Waals surface area contributed by atoms with Gasteiger partial charge in [0.15, 0.2) is 0 Å². The van der Waals surface area contributed by atoms with Crippen LogP contribution in [0.2, 0.25) is 0 Å². The molecule has 0 radical (unpaired) electrons. The van der Waals surface area contributed by atoms with E-state index in [1.54, 1.807) is 10.7 Å². The van der Waals surface area contributed by atoms with Crippen LogP contribution in [0.25, 0.3) is 0 Å². The summed E-state index contributed by atoms with van der Waals surface area (Å²) in [6.45, 7) is 6.45. The molecule has 1 aliphatic heterocycles. The van der Waals surface area contributed by atoms with E-state index in [9.17, 15) is 9.90 Å². The van der Waals surface area contributed by atoms with E-state index in [4.69, 9.17) is 0 Å². The van der Waals surface area contributed by atoms with Gasteiger partial charge in [-0.05, 0) is 37.5 Å². The van der Waals surface area contributed by atoms with Gasteiger partial charge in [0.2, 0.25) is 0 Å². The molecule has 1 aliphatic rings. The van der Waals surface area contributed by atoms with Crippen molar-refractivity contribution in [2.75, 3.05) is 6.54 Å². The number of carbonyl (C=O) groups is 1. The molecule has 3 rings (SSSR count). The molecule has 0 unspecified atom stereocenters. The van der Waals surface area contributed by atoms with Crippen LogP contribution in [-0.2, 0) is 19.5 Å². The highest BCUT2D eigenvalue weighted by atomic mass is 16.4. The highest BCUT2D eigenvalue weighted by Crippen LogP contribution is 2.21. The van der Waals surface area contributed by atoms with Gasteiger partial charge in [-0.1, -0.05) is 24.3 Å². The second-order valence-electron chi connectivity index (χ2n) is 6.09. The number of nitrogens with zero attached hydrogens (tertiary/aromatic N) is 3. The Morgan fingerprint density at radius 3 is 2.68 bits per heavy atom. The van der Waals surface area contributed by atoms with Crippen LogP contribution in [0.1, 0.15) is 47.2 Å². The monoisotopic (exact) mass is 299 g/mol. The van der Waals surface area contributed by atoms with E-state index >= 15 is 0 Å². The van der Waals surface area contributed by atoms with Gasteiger partial charge >= 0.3 is 5.97 Å². The van der Waals surface area contributed by atoms with Gasteiger partial charge in [0, 0.05) is 25.7 Å². The zero-order chi connectivity index (χ0) is 15.7. The fourth-order valence-corrected chi connectivity index (χ4v) is 2.99. The van der Waals surface area contributed by atoms with Crippen LogP contribution in [0.4, 0.5) is 0 Å². The van der Waals surface area contributed by atoms with E-state index in [0.717, 1.165) is 25.2 Å². The van der Waals surface area contributed by atoms with E-state index in [1.807, 2.05) is 13.8 Å². The molecule has 2 heterocycles. The predicted molar refractivity (Wildman–Crippen MR) is 83.8 cm³/mol. The van der Waals surface area contributed by atoms with Crippen molar-refractivity contribution >= 4 is 5.97 Å². The Morgan fingerprint density at radius 2 is 2.05 bits per heavy atom. The maximum absolute atomic E-state index is 11.3. The van der Waals surface area contributed by atoms with Crippen LogP contribution in [0, 0.1) is 0 Å². The predicted octanol–water partition coefficient (Wildman–Crippen LogP) is 2.72. The van der Waals surface area contributed by atoms with Crippen molar-refractivity contribution in [1.29, 1.82) is 0 Å². The Hall–Kier alpha value is -2.14. The first-order chi connectivity index (χ1) is 10.5. The van der Waals surface area contributed by atoms with Crippen LogP contribution in [-0.4, -0.2) is 32.3 Å². The topological polar surface area (TPSA) is 58.4 Å². The summed E-state index contributed by atoms with van der Waals surface area (Å²) in [5.74, 6) is -0.920. The molecule has 0 aliphatic carbocycles. The van der Waals surface area contributed by atoms with E-state index in [2.05, 4.69) is 34.3 Å². The zero-order valence-electron chi connectivity index (χ0n) is 13.0. The first-order valence-corrected chi connectivity index (χ1v) is 7.65. The molecule has 5 nitrogen and oxygen atoms in total. The fraction of sp³-hybridized carbons (Fsp3) is 0.412. The first kappa shape index (κ1) is 14.8. The van der Waals surface area contributed by atoms with Crippen LogP contribution in [0.5, 0.6) is 0 Å². The smallest absolute Gasteiger partial charge is 0.354 e. The van der Waals surface area contributed by atoms with Gasteiger partial charge in [-0.25, -0.2) is 4.79 Å². The minimum atomic E-state index is -0.920. The lowest BCUT2D eigenvalue weighted by atomic mass is 10.00. The third-order valence-corrected chi connectivity index (χ3v) is 4.09. The van der Waals surface area contributed by atoms with Crippen molar-refractivity contribution in [1.82, 2.24) is 14.7 Å². The number of hydrogen-bond acceptors (Lipinski definition) is 3. The number of carboxylic acid groups (broad SMARTS) is 1. The van der Waals surface area contributed by atoms with Gasteiger partial charge < -0.3 is 5.11 Å². The molecule has 5 heteroatoms. The van der Waals surface area contributed by atoms with Gasteiger partial charge in [-0.3, -0.25) is 9.58 Å². The third kappa shape index (κ3) is 2.90. The molecule has 22 heavy (non-hydrogen) atoms. The number of carboxylic acids is 1. The second kappa shape index (κ2) is 5.93. The van der Waals surface area contributed by atoms with Gasteiger partial charge in [-0.2, -0.15) is 5.10 Å². The lowest BCUT2D eigenvalue weighted by Crippen LogP contribution is -2.30. The molecule has 1 aromatic heterocycles. The Bertz CT molecular complexity index is 691. The van der Waals surface area contributed by atoms with Crippen molar-refractivity contribution in [3.63, 3.8) is 0 Å². The summed E-state index contributed by atoms with van der Waals surface area (Å²) >= 11 is 0. The molecule has 0 fully saturated rings. The molecule has 1 N–H and O–H groups in total. The first-order valence-electron chi connectivity index (χ1n) is 7.65. The average Bonchev–Trinajstić information content (AvgIpc) is 2.91. The van der Waals surface area contributed by atoms with E-state index < -0.39 is 5.97 Å². The molecule has 0 amide bonds. The largest absolute Gasteiger partial charge is 0.477 e. The Morgan fingerprint density at radius 1 is 1.32 bits per heavy atom. The number of fused-ring (bicyclic) bond motifs is 1. The van der Waals surface area contributed by atoms with E-state index in [-0.39, 0.29) is 11.7 Å². The molecule has 2 aromatic rings. The van der Waals surface area contributed by atoms with Gasteiger partial charge in [0.05, 0.1) is 5.69 Å². The van der Waals surface area contributed by atoms with Gasteiger partial charge in [-0.15, -0.1) is 0 Å².